The highest BCUT2D eigenvalue weighted by Gasteiger charge is 2.10. The fourth-order valence-electron chi connectivity index (χ4n) is 2.12. The fourth-order valence-corrected chi connectivity index (χ4v) is 2.12. The van der Waals surface area contributed by atoms with Crippen molar-refractivity contribution >= 4 is 11.4 Å². The topological polar surface area (TPSA) is 78.1 Å². The van der Waals surface area contributed by atoms with Crippen LogP contribution in [0.25, 0.3) is 0 Å². The van der Waals surface area contributed by atoms with Gasteiger partial charge in [0.05, 0.1) is 5.71 Å². The van der Waals surface area contributed by atoms with Crippen molar-refractivity contribution in [2.75, 3.05) is 0 Å². The number of benzene rings is 2. The van der Waals surface area contributed by atoms with Crippen LogP contribution in [-0.2, 0) is 0 Å². The van der Waals surface area contributed by atoms with E-state index in [0.29, 0.717) is 16.8 Å². The Bertz CT molecular complexity index is 956. The Balaban J connectivity index is 2.19. The number of nitrogens with one attached hydrogen (secondary N) is 2. The van der Waals surface area contributed by atoms with Gasteiger partial charge in [0.15, 0.2) is 0 Å². The van der Waals surface area contributed by atoms with Gasteiger partial charge in [0.2, 0.25) is 0 Å². The van der Waals surface area contributed by atoms with Crippen molar-refractivity contribution in [3.8, 4) is 0 Å². The molecule has 0 atom stereocenters. The Morgan fingerprint density at radius 1 is 0.833 bits per heavy atom. The average Bonchev–Trinajstić information content (AvgIpc) is 2.56. The van der Waals surface area contributed by atoms with Gasteiger partial charge in [-0.15, -0.1) is 0 Å². The zero-order valence-corrected chi connectivity index (χ0v) is 12.2. The van der Waals surface area contributed by atoms with Crippen molar-refractivity contribution < 1.29 is 8.78 Å². The first-order valence-corrected chi connectivity index (χ1v) is 6.95. The van der Waals surface area contributed by atoms with Gasteiger partial charge in [-0.25, -0.2) is 18.6 Å². The lowest BCUT2D eigenvalue weighted by Crippen LogP contribution is -2.21. The lowest BCUT2D eigenvalue weighted by atomic mass is 10.0. The number of aromatic nitrogens is 2. The van der Waals surface area contributed by atoms with Gasteiger partial charge in [0, 0.05) is 17.3 Å². The average molecular weight is 327 g/mol. The molecule has 1 aromatic heterocycles. The third kappa shape index (κ3) is 3.35. The minimum absolute atomic E-state index is 0.0294. The summed E-state index contributed by atoms with van der Waals surface area (Å²) in [6, 6.07) is 11.0. The largest absolute Gasteiger partial charge is 0.325 e. The maximum atomic E-state index is 13.2. The van der Waals surface area contributed by atoms with Gasteiger partial charge in [0.1, 0.15) is 17.3 Å². The van der Waals surface area contributed by atoms with Crippen LogP contribution in [0.15, 0.2) is 69.3 Å². The van der Waals surface area contributed by atoms with Crippen molar-refractivity contribution in [1.29, 1.82) is 0 Å². The second-order valence-electron chi connectivity index (χ2n) is 4.93. The van der Waals surface area contributed by atoms with Crippen LogP contribution >= 0.6 is 0 Å². The Morgan fingerprint density at radius 3 is 1.79 bits per heavy atom. The summed E-state index contributed by atoms with van der Waals surface area (Å²) in [4.78, 5) is 31.6. The van der Waals surface area contributed by atoms with Crippen LogP contribution in [0.4, 0.5) is 14.5 Å². The van der Waals surface area contributed by atoms with Crippen LogP contribution in [0, 0.1) is 11.6 Å². The summed E-state index contributed by atoms with van der Waals surface area (Å²) in [7, 11) is 0. The van der Waals surface area contributed by atoms with Gasteiger partial charge >= 0.3 is 5.69 Å². The molecule has 1 heterocycles. The third-order valence-electron chi connectivity index (χ3n) is 3.27. The van der Waals surface area contributed by atoms with E-state index < -0.39 is 22.9 Å². The first kappa shape index (κ1) is 15.5. The highest BCUT2D eigenvalue weighted by molar-refractivity contribution is 6.13. The van der Waals surface area contributed by atoms with E-state index in [2.05, 4.69) is 15.0 Å². The number of nitrogens with zero attached hydrogens (tertiary/aromatic N) is 1. The van der Waals surface area contributed by atoms with Crippen molar-refractivity contribution in [2.45, 2.75) is 0 Å². The molecule has 24 heavy (non-hydrogen) atoms. The monoisotopic (exact) mass is 327 g/mol. The predicted octanol–water partition coefficient (Wildman–Crippen LogP) is 2.51. The second-order valence-corrected chi connectivity index (χ2v) is 4.93. The van der Waals surface area contributed by atoms with Gasteiger partial charge in [0.25, 0.3) is 5.56 Å². The normalized spacial score (nSPS) is 10.4. The summed E-state index contributed by atoms with van der Waals surface area (Å²) in [5, 5.41) is 0. The van der Waals surface area contributed by atoms with E-state index in [1.165, 1.54) is 54.7 Å². The number of H-pyrrole nitrogens is 2. The molecule has 0 unspecified atom stereocenters. The van der Waals surface area contributed by atoms with Crippen molar-refractivity contribution in [2.24, 2.45) is 4.99 Å². The third-order valence-corrected chi connectivity index (χ3v) is 3.27. The molecule has 3 aromatic rings. The van der Waals surface area contributed by atoms with E-state index in [9.17, 15) is 18.4 Å². The van der Waals surface area contributed by atoms with Crippen LogP contribution in [0.2, 0.25) is 0 Å². The van der Waals surface area contributed by atoms with E-state index in [4.69, 9.17) is 0 Å². The lowest BCUT2D eigenvalue weighted by molar-refractivity contribution is 0.627. The highest BCUT2D eigenvalue weighted by Crippen LogP contribution is 2.16. The molecule has 5 nitrogen and oxygen atoms in total. The minimum atomic E-state index is -0.666. The number of hydrogen-bond acceptors (Lipinski definition) is 3. The second kappa shape index (κ2) is 6.41. The van der Waals surface area contributed by atoms with E-state index in [-0.39, 0.29) is 5.69 Å². The molecule has 0 aliphatic carbocycles. The Morgan fingerprint density at radius 2 is 1.33 bits per heavy atom. The molecule has 0 aliphatic rings. The number of rotatable bonds is 3. The molecule has 0 saturated heterocycles. The molecule has 2 aromatic carbocycles. The molecule has 0 bridgehead atoms. The maximum Gasteiger partial charge on any atom is 0.325 e. The van der Waals surface area contributed by atoms with Gasteiger partial charge in [-0.3, -0.25) is 9.78 Å². The maximum absolute atomic E-state index is 13.2. The van der Waals surface area contributed by atoms with Gasteiger partial charge < -0.3 is 4.98 Å². The Hall–Kier alpha value is -3.35. The van der Waals surface area contributed by atoms with Gasteiger partial charge in [-0.05, 0) is 48.5 Å². The molecule has 7 heteroatoms. The molecule has 0 aliphatic heterocycles. The minimum Gasteiger partial charge on any atom is -0.312 e. The Labute approximate surface area is 134 Å². The van der Waals surface area contributed by atoms with E-state index in [1.807, 2.05) is 0 Å². The van der Waals surface area contributed by atoms with E-state index in [1.54, 1.807) is 0 Å². The summed E-state index contributed by atoms with van der Waals surface area (Å²) in [6.07, 6.45) is 1.17. The molecule has 0 amide bonds. The molecule has 0 radical (unpaired) electrons. The quantitative estimate of drug-likeness (QED) is 0.725. The first-order chi connectivity index (χ1) is 11.5. The molecular formula is C17H11F2N3O2. The van der Waals surface area contributed by atoms with E-state index in [0.717, 1.165) is 0 Å². The van der Waals surface area contributed by atoms with Crippen LogP contribution in [0.5, 0.6) is 0 Å². The van der Waals surface area contributed by atoms with Crippen molar-refractivity contribution in [3.63, 3.8) is 0 Å². The number of aliphatic imine (C=N–C) groups is 1. The molecule has 0 saturated carbocycles. The first-order valence-electron chi connectivity index (χ1n) is 6.95. The van der Waals surface area contributed by atoms with Gasteiger partial charge in [-0.1, -0.05) is 0 Å². The van der Waals surface area contributed by atoms with Crippen LogP contribution < -0.4 is 11.2 Å². The van der Waals surface area contributed by atoms with Gasteiger partial charge in [-0.2, -0.15) is 0 Å². The molecule has 0 fully saturated rings. The van der Waals surface area contributed by atoms with Crippen LogP contribution in [0.3, 0.4) is 0 Å². The SMILES string of the molecule is O=c1[nH]cc(N=C(c2ccc(F)cc2)c2ccc(F)cc2)c(=O)[nH]1. The summed E-state index contributed by atoms with van der Waals surface area (Å²) in [5.41, 5.74) is 0.0672. The summed E-state index contributed by atoms with van der Waals surface area (Å²) < 4.78 is 26.3. The standard InChI is InChI=1S/C17H11F2N3O2/c18-12-5-1-10(2-6-12)15(11-3-7-13(19)8-4-11)21-14-9-20-17(24)22-16(14)23/h1-9H,(H2,20,22,23,24). The zero-order valence-electron chi connectivity index (χ0n) is 12.2. The van der Waals surface area contributed by atoms with Crippen LogP contribution in [-0.4, -0.2) is 15.7 Å². The lowest BCUT2D eigenvalue weighted by Gasteiger charge is -2.07. The van der Waals surface area contributed by atoms with Crippen molar-refractivity contribution in [1.82, 2.24) is 9.97 Å². The smallest absolute Gasteiger partial charge is 0.312 e. The zero-order chi connectivity index (χ0) is 17.1. The van der Waals surface area contributed by atoms with Crippen LogP contribution in [0.1, 0.15) is 11.1 Å². The molecular weight excluding hydrogens is 316 g/mol. The number of halogens is 2. The molecule has 2 N–H and O–H groups in total. The fraction of sp³-hybridized carbons (Fsp3) is 0. The van der Waals surface area contributed by atoms with E-state index >= 15 is 0 Å². The summed E-state index contributed by atoms with van der Waals surface area (Å²) >= 11 is 0. The predicted molar refractivity (Wildman–Crippen MR) is 85.8 cm³/mol. The number of aromatic amines is 2. The summed E-state index contributed by atoms with van der Waals surface area (Å²) in [5.74, 6) is -0.835. The molecule has 120 valence electrons. The molecule has 3 rings (SSSR count). The number of hydrogen-bond donors (Lipinski definition) is 2. The van der Waals surface area contributed by atoms with Crippen molar-refractivity contribution in [3.05, 3.63) is 98.3 Å². The molecule has 0 spiro atoms. The summed E-state index contributed by atoms with van der Waals surface area (Å²) in [6.45, 7) is 0. The highest BCUT2D eigenvalue weighted by atomic mass is 19.1. The Kier molecular flexibility index (Phi) is 4.15.